The molecule has 1 aliphatic heterocycles. The summed E-state index contributed by atoms with van der Waals surface area (Å²) in [4.78, 5) is 17.7. The van der Waals surface area contributed by atoms with E-state index in [2.05, 4.69) is 22.9 Å². The van der Waals surface area contributed by atoms with Gasteiger partial charge in [-0.25, -0.2) is 4.98 Å². The van der Waals surface area contributed by atoms with E-state index in [1.165, 1.54) is 5.56 Å². The summed E-state index contributed by atoms with van der Waals surface area (Å²) in [5.41, 5.74) is 1.84. The molecule has 0 radical (unpaired) electrons. The molecule has 1 aromatic heterocycles. The van der Waals surface area contributed by atoms with Gasteiger partial charge in [-0.2, -0.15) is 0 Å². The van der Waals surface area contributed by atoms with E-state index in [1.54, 1.807) is 13.1 Å². The molecule has 0 amide bonds. The van der Waals surface area contributed by atoms with Crippen molar-refractivity contribution in [2.75, 3.05) is 18.0 Å². The van der Waals surface area contributed by atoms with Gasteiger partial charge in [-0.1, -0.05) is 12.1 Å². The van der Waals surface area contributed by atoms with Gasteiger partial charge in [0.25, 0.3) is 0 Å². The number of carbonyl (C=O) groups excluding carboxylic acids is 1. The zero-order valence-corrected chi connectivity index (χ0v) is 12.2. The van der Waals surface area contributed by atoms with Gasteiger partial charge >= 0.3 is 0 Å². The summed E-state index contributed by atoms with van der Waals surface area (Å²) in [7, 11) is 0. The fraction of sp³-hybridized carbons (Fsp3) is 0.294. The first kappa shape index (κ1) is 13.6. The van der Waals surface area contributed by atoms with E-state index < -0.39 is 0 Å². The van der Waals surface area contributed by atoms with Gasteiger partial charge < -0.3 is 9.64 Å². The molecule has 0 N–H and O–H groups in total. The largest absolute Gasteiger partial charge is 0.487 e. The number of anilines is 1. The third-order valence-electron chi connectivity index (χ3n) is 3.62. The van der Waals surface area contributed by atoms with Crippen LogP contribution in [0.15, 0.2) is 42.6 Å². The van der Waals surface area contributed by atoms with Gasteiger partial charge in [0.1, 0.15) is 17.7 Å². The molecule has 4 heteroatoms. The number of Topliss-reactive ketones (excluding diaryl/α,β-unsaturated/α-hetero) is 1. The topological polar surface area (TPSA) is 42.4 Å². The van der Waals surface area contributed by atoms with Gasteiger partial charge in [-0.05, 0) is 43.7 Å². The molecule has 2 heterocycles. The summed E-state index contributed by atoms with van der Waals surface area (Å²) in [5.74, 6) is 1.85. The lowest BCUT2D eigenvalue weighted by atomic mass is 10.1. The highest BCUT2D eigenvalue weighted by Gasteiger charge is 2.29. The maximum atomic E-state index is 11.2. The van der Waals surface area contributed by atoms with Crippen molar-refractivity contribution < 1.29 is 9.53 Å². The Balaban J connectivity index is 1.57. The molecule has 4 nitrogen and oxygen atoms in total. The number of pyridine rings is 1. The van der Waals surface area contributed by atoms with Crippen molar-refractivity contribution in [3.05, 3.63) is 53.7 Å². The zero-order chi connectivity index (χ0) is 14.8. The van der Waals surface area contributed by atoms with Crippen LogP contribution in [0.5, 0.6) is 5.75 Å². The Morgan fingerprint density at radius 2 is 2.10 bits per heavy atom. The quantitative estimate of drug-likeness (QED) is 0.809. The third-order valence-corrected chi connectivity index (χ3v) is 3.62. The highest BCUT2D eigenvalue weighted by Crippen LogP contribution is 2.23. The smallest absolute Gasteiger partial charge is 0.161 e. The number of rotatable bonds is 4. The van der Waals surface area contributed by atoms with Crippen LogP contribution in [-0.2, 0) is 0 Å². The van der Waals surface area contributed by atoms with Crippen LogP contribution in [-0.4, -0.2) is 30.0 Å². The van der Waals surface area contributed by atoms with Crippen LogP contribution in [0.2, 0.25) is 0 Å². The maximum Gasteiger partial charge on any atom is 0.161 e. The third kappa shape index (κ3) is 3.05. The second-order valence-corrected chi connectivity index (χ2v) is 5.42. The maximum absolute atomic E-state index is 11.2. The van der Waals surface area contributed by atoms with Crippen molar-refractivity contribution in [3.63, 3.8) is 0 Å². The van der Waals surface area contributed by atoms with Gasteiger partial charge in [0.2, 0.25) is 0 Å². The van der Waals surface area contributed by atoms with Crippen LogP contribution in [0.3, 0.4) is 0 Å². The van der Waals surface area contributed by atoms with Gasteiger partial charge in [0.05, 0.1) is 13.1 Å². The molecular weight excluding hydrogens is 264 g/mol. The van der Waals surface area contributed by atoms with Gasteiger partial charge in [0.15, 0.2) is 5.78 Å². The first-order chi connectivity index (χ1) is 10.1. The molecular formula is C17H18N2O2. The Morgan fingerprint density at radius 3 is 2.71 bits per heavy atom. The Bertz CT molecular complexity index is 646. The predicted octanol–water partition coefficient (Wildman–Crippen LogP) is 2.86. The minimum atomic E-state index is 0.0401. The van der Waals surface area contributed by atoms with E-state index in [9.17, 15) is 4.79 Å². The van der Waals surface area contributed by atoms with E-state index in [0.717, 1.165) is 24.7 Å². The minimum absolute atomic E-state index is 0.0401. The summed E-state index contributed by atoms with van der Waals surface area (Å²) >= 11 is 0. The average Bonchev–Trinajstić information content (AvgIpc) is 2.42. The van der Waals surface area contributed by atoms with E-state index in [0.29, 0.717) is 5.56 Å². The fourth-order valence-electron chi connectivity index (χ4n) is 2.36. The molecule has 0 aliphatic carbocycles. The van der Waals surface area contributed by atoms with Gasteiger partial charge in [-0.3, -0.25) is 4.79 Å². The molecule has 1 aliphatic rings. The van der Waals surface area contributed by atoms with E-state index in [-0.39, 0.29) is 11.9 Å². The number of ketones is 1. The molecule has 108 valence electrons. The van der Waals surface area contributed by atoms with E-state index >= 15 is 0 Å². The molecule has 0 atom stereocenters. The van der Waals surface area contributed by atoms with Gasteiger partial charge in [-0.15, -0.1) is 0 Å². The van der Waals surface area contributed by atoms with Gasteiger partial charge in [0, 0.05) is 11.8 Å². The average molecular weight is 282 g/mol. The fourth-order valence-corrected chi connectivity index (χ4v) is 2.36. The normalized spacial score (nSPS) is 14.7. The number of aromatic nitrogens is 1. The number of hydrogen-bond acceptors (Lipinski definition) is 4. The van der Waals surface area contributed by atoms with Crippen molar-refractivity contribution in [2.45, 2.75) is 20.0 Å². The summed E-state index contributed by atoms with van der Waals surface area (Å²) < 4.78 is 5.92. The van der Waals surface area contributed by atoms with E-state index in [4.69, 9.17) is 4.74 Å². The lowest BCUT2D eigenvalue weighted by molar-refractivity contribution is 0.101. The Labute approximate surface area is 124 Å². The summed E-state index contributed by atoms with van der Waals surface area (Å²) in [5, 5.41) is 0. The Hall–Kier alpha value is -2.36. The summed E-state index contributed by atoms with van der Waals surface area (Å²) in [6.07, 6.45) is 1.83. The predicted molar refractivity (Wildman–Crippen MR) is 82.0 cm³/mol. The number of hydrogen-bond donors (Lipinski definition) is 0. The molecule has 21 heavy (non-hydrogen) atoms. The second-order valence-electron chi connectivity index (χ2n) is 5.42. The molecule has 1 aromatic carbocycles. The molecule has 0 bridgehead atoms. The number of nitrogens with zero attached hydrogens (tertiary/aromatic N) is 2. The van der Waals surface area contributed by atoms with Crippen LogP contribution >= 0.6 is 0 Å². The summed E-state index contributed by atoms with van der Waals surface area (Å²) in [6.45, 7) is 5.24. The monoisotopic (exact) mass is 282 g/mol. The van der Waals surface area contributed by atoms with Crippen LogP contribution in [0.1, 0.15) is 22.8 Å². The molecule has 3 rings (SSSR count). The van der Waals surface area contributed by atoms with E-state index in [1.807, 2.05) is 30.3 Å². The summed E-state index contributed by atoms with van der Waals surface area (Å²) in [6, 6.07) is 11.8. The number of carbonyl (C=O) groups is 1. The SMILES string of the molecule is CC(=O)c1ccc(N2CC(Oc3cccc(C)c3)C2)nc1. The molecule has 0 spiro atoms. The first-order valence-electron chi connectivity index (χ1n) is 7.07. The zero-order valence-electron chi connectivity index (χ0n) is 12.2. The molecule has 0 saturated carbocycles. The van der Waals surface area contributed by atoms with Crippen molar-refractivity contribution in [1.82, 2.24) is 4.98 Å². The standard InChI is InChI=1S/C17H18N2O2/c1-12-4-3-5-15(8-12)21-16-10-19(11-16)17-7-6-14(9-18-17)13(2)20/h3-9,16H,10-11H2,1-2H3. The highest BCUT2D eigenvalue weighted by atomic mass is 16.5. The lowest BCUT2D eigenvalue weighted by Gasteiger charge is -2.39. The van der Waals surface area contributed by atoms with Crippen molar-refractivity contribution in [2.24, 2.45) is 0 Å². The number of benzene rings is 1. The minimum Gasteiger partial charge on any atom is -0.487 e. The molecule has 1 fully saturated rings. The second kappa shape index (κ2) is 5.56. The Kier molecular flexibility index (Phi) is 3.60. The van der Waals surface area contributed by atoms with Crippen LogP contribution in [0, 0.1) is 6.92 Å². The first-order valence-corrected chi connectivity index (χ1v) is 7.07. The van der Waals surface area contributed by atoms with Crippen LogP contribution < -0.4 is 9.64 Å². The number of ether oxygens (including phenoxy) is 1. The van der Waals surface area contributed by atoms with Crippen molar-refractivity contribution in [3.8, 4) is 5.75 Å². The van der Waals surface area contributed by atoms with Crippen molar-refractivity contribution >= 4 is 11.6 Å². The lowest BCUT2D eigenvalue weighted by Crippen LogP contribution is -2.54. The molecule has 2 aromatic rings. The Morgan fingerprint density at radius 1 is 1.29 bits per heavy atom. The van der Waals surface area contributed by atoms with Crippen LogP contribution in [0.25, 0.3) is 0 Å². The highest BCUT2D eigenvalue weighted by molar-refractivity contribution is 5.93. The molecule has 0 unspecified atom stereocenters. The number of aryl methyl sites for hydroxylation is 1. The van der Waals surface area contributed by atoms with Crippen molar-refractivity contribution in [1.29, 1.82) is 0 Å². The van der Waals surface area contributed by atoms with Crippen LogP contribution in [0.4, 0.5) is 5.82 Å². The molecule has 1 saturated heterocycles.